The molecule has 0 spiro atoms. The highest BCUT2D eigenvalue weighted by atomic mass is 16.5. The molecule has 6 nitrogen and oxygen atoms in total. The minimum atomic E-state index is -0.794. The Morgan fingerprint density at radius 3 is 2.46 bits per heavy atom. The average molecular weight is 321 g/mol. The molecule has 24 heavy (non-hydrogen) atoms. The summed E-state index contributed by atoms with van der Waals surface area (Å²) in [7, 11) is 1.46. The van der Waals surface area contributed by atoms with Gasteiger partial charge in [-0.05, 0) is 37.3 Å². The SMILES string of the molecule is COc1cc(C#N)ccc1O[C@H](C)C(=O)Nc1cccc(C#N)c1. The van der Waals surface area contributed by atoms with Crippen LogP contribution in [0, 0.1) is 22.7 Å². The Bertz CT molecular complexity index is 834. The molecule has 0 unspecified atom stereocenters. The van der Waals surface area contributed by atoms with Crippen LogP contribution in [0.4, 0.5) is 5.69 Å². The number of hydrogen-bond donors (Lipinski definition) is 1. The Hall–Kier alpha value is -3.51. The Morgan fingerprint density at radius 2 is 1.79 bits per heavy atom. The quantitative estimate of drug-likeness (QED) is 0.913. The van der Waals surface area contributed by atoms with Crippen LogP contribution in [0.25, 0.3) is 0 Å². The lowest BCUT2D eigenvalue weighted by Gasteiger charge is -2.17. The fourth-order valence-corrected chi connectivity index (χ4v) is 1.99. The van der Waals surface area contributed by atoms with Gasteiger partial charge in [0.25, 0.3) is 5.91 Å². The maximum atomic E-state index is 12.2. The summed E-state index contributed by atoms with van der Waals surface area (Å²) in [4.78, 5) is 12.2. The summed E-state index contributed by atoms with van der Waals surface area (Å²) < 4.78 is 10.8. The van der Waals surface area contributed by atoms with Crippen molar-refractivity contribution in [3.05, 3.63) is 53.6 Å². The van der Waals surface area contributed by atoms with Crippen molar-refractivity contribution in [1.29, 1.82) is 10.5 Å². The van der Waals surface area contributed by atoms with Crippen molar-refractivity contribution in [2.75, 3.05) is 12.4 Å². The van der Waals surface area contributed by atoms with Crippen molar-refractivity contribution in [3.8, 4) is 23.6 Å². The second-order valence-corrected chi connectivity index (χ2v) is 4.92. The van der Waals surface area contributed by atoms with Gasteiger partial charge in [-0.25, -0.2) is 0 Å². The standard InChI is InChI=1S/C18H15N3O3/c1-12(18(22)21-15-5-3-4-13(8-15)10-19)24-16-7-6-14(11-20)9-17(16)23-2/h3-9,12H,1-2H3,(H,21,22)/t12-/m1/s1. The van der Waals surface area contributed by atoms with Gasteiger partial charge in [0.1, 0.15) is 0 Å². The Kier molecular flexibility index (Phi) is 5.38. The van der Waals surface area contributed by atoms with Crippen molar-refractivity contribution >= 4 is 11.6 Å². The molecular weight excluding hydrogens is 306 g/mol. The number of ether oxygens (including phenoxy) is 2. The van der Waals surface area contributed by atoms with Gasteiger partial charge in [-0.3, -0.25) is 4.79 Å². The number of rotatable bonds is 5. The van der Waals surface area contributed by atoms with Crippen LogP contribution in [-0.2, 0) is 4.79 Å². The van der Waals surface area contributed by atoms with E-state index in [0.29, 0.717) is 28.3 Å². The predicted octanol–water partition coefficient (Wildman–Crippen LogP) is 2.84. The van der Waals surface area contributed by atoms with E-state index in [2.05, 4.69) is 5.32 Å². The molecule has 0 saturated heterocycles. The Labute approximate surface area is 139 Å². The van der Waals surface area contributed by atoms with Crippen molar-refractivity contribution in [2.45, 2.75) is 13.0 Å². The van der Waals surface area contributed by atoms with E-state index in [-0.39, 0.29) is 5.91 Å². The van der Waals surface area contributed by atoms with Gasteiger partial charge in [-0.15, -0.1) is 0 Å². The number of nitriles is 2. The first-order valence-electron chi connectivity index (χ1n) is 7.13. The topological polar surface area (TPSA) is 95.1 Å². The number of hydrogen-bond acceptors (Lipinski definition) is 5. The summed E-state index contributed by atoms with van der Waals surface area (Å²) >= 11 is 0. The molecule has 0 aliphatic carbocycles. The van der Waals surface area contributed by atoms with Crippen molar-refractivity contribution in [3.63, 3.8) is 0 Å². The number of anilines is 1. The van der Waals surface area contributed by atoms with Gasteiger partial charge in [0, 0.05) is 11.8 Å². The molecule has 0 fully saturated rings. The zero-order chi connectivity index (χ0) is 17.5. The van der Waals surface area contributed by atoms with Crippen LogP contribution in [0.3, 0.4) is 0 Å². The third-order valence-corrected chi connectivity index (χ3v) is 3.22. The Balaban J connectivity index is 2.09. The van der Waals surface area contributed by atoms with Gasteiger partial charge in [-0.2, -0.15) is 10.5 Å². The summed E-state index contributed by atoms with van der Waals surface area (Å²) in [6.45, 7) is 1.60. The highest BCUT2D eigenvalue weighted by Crippen LogP contribution is 2.28. The number of nitrogens with zero attached hydrogens (tertiary/aromatic N) is 2. The molecule has 0 saturated carbocycles. The third-order valence-electron chi connectivity index (χ3n) is 3.22. The zero-order valence-corrected chi connectivity index (χ0v) is 13.2. The maximum Gasteiger partial charge on any atom is 0.265 e. The monoisotopic (exact) mass is 321 g/mol. The van der Waals surface area contributed by atoms with E-state index < -0.39 is 6.10 Å². The number of carbonyl (C=O) groups excluding carboxylic acids is 1. The summed E-state index contributed by atoms with van der Waals surface area (Å²) in [6.07, 6.45) is -0.794. The lowest BCUT2D eigenvalue weighted by atomic mass is 10.2. The van der Waals surface area contributed by atoms with Crippen LogP contribution >= 0.6 is 0 Å². The van der Waals surface area contributed by atoms with Gasteiger partial charge >= 0.3 is 0 Å². The molecule has 2 aromatic carbocycles. The van der Waals surface area contributed by atoms with Crippen molar-refractivity contribution < 1.29 is 14.3 Å². The van der Waals surface area contributed by atoms with Crippen molar-refractivity contribution in [1.82, 2.24) is 0 Å². The molecule has 0 heterocycles. The number of carbonyl (C=O) groups is 1. The van der Waals surface area contributed by atoms with E-state index in [4.69, 9.17) is 20.0 Å². The van der Waals surface area contributed by atoms with Crippen LogP contribution < -0.4 is 14.8 Å². The second kappa shape index (κ2) is 7.66. The second-order valence-electron chi connectivity index (χ2n) is 4.92. The molecule has 2 rings (SSSR count). The molecule has 1 atom stereocenters. The van der Waals surface area contributed by atoms with Gasteiger partial charge in [0.05, 0.1) is 30.4 Å². The summed E-state index contributed by atoms with van der Waals surface area (Å²) in [5.74, 6) is 0.376. The predicted molar refractivity (Wildman–Crippen MR) is 87.6 cm³/mol. The maximum absolute atomic E-state index is 12.2. The molecule has 6 heteroatoms. The van der Waals surface area contributed by atoms with E-state index in [1.54, 1.807) is 43.3 Å². The molecular formula is C18H15N3O3. The van der Waals surface area contributed by atoms with Gasteiger partial charge in [-0.1, -0.05) is 6.07 Å². The van der Waals surface area contributed by atoms with Gasteiger partial charge in [0.15, 0.2) is 17.6 Å². The molecule has 0 aliphatic rings. The van der Waals surface area contributed by atoms with Gasteiger partial charge in [0.2, 0.25) is 0 Å². The molecule has 0 aliphatic heterocycles. The summed E-state index contributed by atoms with van der Waals surface area (Å²) in [5.41, 5.74) is 1.40. The fourth-order valence-electron chi connectivity index (χ4n) is 1.99. The summed E-state index contributed by atoms with van der Waals surface area (Å²) in [5, 5.41) is 20.5. The van der Waals surface area contributed by atoms with Crippen LogP contribution in [0.1, 0.15) is 18.1 Å². The number of benzene rings is 2. The van der Waals surface area contributed by atoms with Crippen LogP contribution in [0.2, 0.25) is 0 Å². The lowest BCUT2D eigenvalue weighted by molar-refractivity contribution is -0.122. The molecule has 0 bridgehead atoms. The number of nitrogens with one attached hydrogen (secondary N) is 1. The first-order valence-corrected chi connectivity index (χ1v) is 7.13. The molecule has 1 amide bonds. The highest BCUT2D eigenvalue weighted by Gasteiger charge is 2.17. The van der Waals surface area contributed by atoms with Crippen LogP contribution in [0.15, 0.2) is 42.5 Å². The smallest absolute Gasteiger partial charge is 0.265 e. The van der Waals surface area contributed by atoms with E-state index in [1.165, 1.54) is 13.2 Å². The first kappa shape index (κ1) is 16.9. The van der Waals surface area contributed by atoms with E-state index >= 15 is 0 Å². The van der Waals surface area contributed by atoms with Crippen LogP contribution in [-0.4, -0.2) is 19.1 Å². The molecule has 120 valence electrons. The Morgan fingerprint density at radius 1 is 1.08 bits per heavy atom. The molecule has 2 aromatic rings. The number of amides is 1. The third kappa shape index (κ3) is 4.02. The molecule has 0 radical (unpaired) electrons. The van der Waals surface area contributed by atoms with Crippen molar-refractivity contribution in [2.24, 2.45) is 0 Å². The van der Waals surface area contributed by atoms with Crippen LogP contribution in [0.5, 0.6) is 11.5 Å². The number of methoxy groups -OCH3 is 1. The normalized spacial score (nSPS) is 10.8. The summed E-state index contributed by atoms with van der Waals surface area (Å²) in [6, 6.07) is 15.3. The van der Waals surface area contributed by atoms with E-state index in [0.717, 1.165) is 0 Å². The van der Waals surface area contributed by atoms with Gasteiger partial charge < -0.3 is 14.8 Å². The lowest BCUT2D eigenvalue weighted by Crippen LogP contribution is -2.30. The highest BCUT2D eigenvalue weighted by molar-refractivity contribution is 5.94. The fraction of sp³-hybridized carbons (Fsp3) is 0.167. The van der Waals surface area contributed by atoms with E-state index in [1.807, 2.05) is 12.1 Å². The average Bonchev–Trinajstić information content (AvgIpc) is 2.62. The zero-order valence-electron chi connectivity index (χ0n) is 13.2. The molecule has 1 N–H and O–H groups in total. The minimum absolute atomic E-state index is 0.364. The largest absolute Gasteiger partial charge is 0.493 e. The minimum Gasteiger partial charge on any atom is -0.493 e. The van der Waals surface area contributed by atoms with E-state index in [9.17, 15) is 4.79 Å². The molecule has 0 aromatic heterocycles. The first-order chi connectivity index (χ1) is 11.6.